The average Bonchev–Trinajstić information content (AvgIpc) is 3.09. The van der Waals surface area contributed by atoms with Gasteiger partial charge in [-0.2, -0.15) is 0 Å². The van der Waals surface area contributed by atoms with Crippen molar-refractivity contribution in [3.63, 3.8) is 0 Å². The van der Waals surface area contributed by atoms with Crippen LogP contribution in [0.2, 0.25) is 0 Å². The van der Waals surface area contributed by atoms with Gasteiger partial charge in [0.25, 0.3) is 0 Å². The van der Waals surface area contributed by atoms with E-state index < -0.39 is 0 Å². The zero-order valence-electron chi connectivity index (χ0n) is 11.4. The van der Waals surface area contributed by atoms with Crippen molar-refractivity contribution in [2.24, 2.45) is 11.8 Å². The fourth-order valence-electron chi connectivity index (χ4n) is 4.03. The predicted octanol–water partition coefficient (Wildman–Crippen LogP) is 2.79. The van der Waals surface area contributed by atoms with Crippen LogP contribution < -0.4 is 5.32 Å². The zero-order chi connectivity index (χ0) is 12.4. The van der Waals surface area contributed by atoms with Gasteiger partial charge in [0.05, 0.1) is 6.33 Å². The lowest BCUT2D eigenvalue weighted by Crippen LogP contribution is -2.39. The summed E-state index contributed by atoms with van der Waals surface area (Å²) in [6.07, 6.45) is 11.2. The molecular formula is C15H25N3. The van der Waals surface area contributed by atoms with Gasteiger partial charge < -0.3 is 9.88 Å². The van der Waals surface area contributed by atoms with Gasteiger partial charge >= 0.3 is 0 Å². The van der Waals surface area contributed by atoms with Crippen molar-refractivity contribution < 1.29 is 0 Å². The summed E-state index contributed by atoms with van der Waals surface area (Å²) < 4.78 is 2.35. The lowest BCUT2D eigenvalue weighted by Gasteiger charge is -2.36. The monoisotopic (exact) mass is 247 g/mol. The summed E-state index contributed by atoms with van der Waals surface area (Å²) in [7, 11) is 0. The van der Waals surface area contributed by atoms with Crippen molar-refractivity contribution in [3.05, 3.63) is 18.2 Å². The van der Waals surface area contributed by atoms with Crippen LogP contribution in [0.4, 0.5) is 0 Å². The number of aromatic nitrogens is 2. The van der Waals surface area contributed by atoms with E-state index in [1.54, 1.807) is 0 Å². The summed E-state index contributed by atoms with van der Waals surface area (Å²) in [6.45, 7) is 5.65. The van der Waals surface area contributed by atoms with Crippen LogP contribution in [0.1, 0.15) is 50.6 Å². The first-order valence-corrected chi connectivity index (χ1v) is 7.61. The summed E-state index contributed by atoms with van der Waals surface area (Å²) in [5, 5.41) is 3.61. The predicted molar refractivity (Wildman–Crippen MR) is 73.6 cm³/mol. The summed E-state index contributed by atoms with van der Waals surface area (Å²) in [4.78, 5) is 4.37. The normalized spacial score (nSPS) is 29.8. The van der Waals surface area contributed by atoms with Crippen molar-refractivity contribution >= 4 is 0 Å². The van der Waals surface area contributed by atoms with Gasteiger partial charge in [-0.3, -0.25) is 0 Å². The summed E-state index contributed by atoms with van der Waals surface area (Å²) in [6, 6.07) is 0. The highest BCUT2D eigenvalue weighted by atomic mass is 15.0. The lowest BCUT2D eigenvalue weighted by molar-refractivity contribution is 0.224. The van der Waals surface area contributed by atoms with Crippen LogP contribution in [-0.4, -0.2) is 22.6 Å². The van der Waals surface area contributed by atoms with E-state index >= 15 is 0 Å². The van der Waals surface area contributed by atoms with Crippen LogP contribution >= 0.6 is 0 Å². The topological polar surface area (TPSA) is 29.9 Å². The molecule has 2 unspecified atom stereocenters. The standard InChI is InChI=1S/C15H25N3/c1-2-18-11-17-10-15(18)13-7-8-16-9-14(13)12-5-3-4-6-12/h10-14,16H,2-9H2,1H3. The van der Waals surface area contributed by atoms with Crippen molar-refractivity contribution in [2.45, 2.75) is 51.5 Å². The highest BCUT2D eigenvalue weighted by Crippen LogP contribution is 2.41. The van der Waals surface area contributed by atoms with Crippen LogP contribution in [0.15, 0.2) is 12.5 Å². The molecule has 100 valence electrons. The molecule has 1 aromatic heterocycles. The Morgan fingerprint density at radius 3 is 2.94 bits per heavy atom. The molecule has 1 aliphatic heterocycles. The number of hydrogen-bond acceptors (Lipinski definition) is 2. The summed E-state index contributed by atoms with van der Waals surface area (Å²) >= 11 is 0. The first-order chi connectivity index (χ1) is 8.90. The molecule has 1 aromatic rings. The first-order valence-electron chi connectivity index (χ1n) is 7.61. The molecule has 0 bridgehead atoms. The van der Waals surface area contributed by atoms with Crippen molar-refractivity contribution in [1.82, 2.24) is 14.9 Å². The number of hydrogen-bond donors (Lipinski definition) is 1. The third-order valence-electron chi connectivity index (χ3n) is 5.00. The second kappa shape index (κ2) is 5.43. The molecule has 1 aliphatic carbocycles. The molecule has 0 aromatic carbocycles. The summed E-state index contributed by atoms with van der Waals surface area (Å²) in [5.74, 6) is 2.52. The maximum atomic E-state index is 4.37. The Morgan fingerprint density at radius 2 is 2.17 bits per heavy atom. The Hall–Kier alpha value is -0.830. The molecule has 2 atom stereocenters. The molecule has 2 heterocycles. The highest BCUT2D eigenvalue weighted by molar-refractivity contribution is 5.11. The van der Waals surface area contributed by atoms with Crippen LogP contribution in [0.5, 0.6) is 0 Å². The maximum Gasteiger partial charge on any atom is 0.0948 e. The largest absolute Gasteiger partial charge is 0.335 e. The average molecular weight is 247 g/mol. The number of imidazole rings is 1. The van der Waals surface area contributed by atoms with Gasteiger partial charge in [0.15, 0.2) is 0 Å². The third-order valence-corrected chi connectivity index (χ3v) is 5.00. The SMILES string of the molecule is CCn1cncc1C1CCNCC1C1CCCC1. The minimum absolute atomic E-state index is 0.733. The molecule has 3 heteroatoms. The molecule has 2 fully saturated rings. The minimum Gasteiger partial charge on any atom is -0.335 e. The van der Waals surface area contributed by atoms with Gasteiger partial charge in [-0.15, -0.1) is 0 Å². The van der Waals surface area contributed by atoms with E-state index in [0.717, 1.165) is 24.3 Å². The van der Waals surface area contributed by atoms with Gasteiger partial charge in [0.1, 0.15) is 0 Å². The number of rotatable bonds is 3. The zero-order valence-corrected chi connectivity index (χ0v) is 11.4. The van der Waals surface area contributed by atoms with E-state index in [-0.39, 0.29) is 0 Å². The molecule has 1 saturated heterocycles. The Labute approximate surface area is 110 Å². The third kappa shape index (κ3) is 2.20. The lowest BCUT2D eigenvalue weighted by atomic mass is 9.75. The second-order valence-electron chi connectivity index (χ2n) is 5.91. The summed E-state index contributed by atoms with van der Waals surface area (Å²) in [5.41, 5.74) is 1.48. The second-order valence-corrected chi connectivity index (χ2v) is 5.91. The van der Waals surface area contributed by atoms with Gasteiger partial charge in [-0.25, -0.2) is 4.98 Å². The van der Waals surface area contributed by atoms with Gasteiger partial charge in [-0.1, -0.05) is 25.7 Å². The quantitative estimate of drug-likeness (QED) is 0.890. The Bertz CT molecular complexity index is 379. The van der Waals surface area contributed by atoms with Crippen molar-refractivity contribution in [2.75, 3.05) is 13.1 Å². The fourth-order valence-corrected chi connectivity index (χ4v) is 4.03. The number of nitrogens with zero attached hydrogens (tertiary/aromatic N) is 2. The number of piperidine rings is 1. The van der Waals surface area contributed by atoms with Gasteiger partial charge in [-0.05, 0) is 38.3 Å². The molecular weight excluding hydrogens is 222 g/mol. The van der Waals surface area contributed by atoms with Crippen LogP contribution in [0.25, 0.3) is 0 Å². The minimum atomic E-state index is 0.733. The highest BCUT2D eigenvalue weighted by Gasteiger charge is 2.35. The molecule has 1 saturated carbocycles. The number of aryl methyl sites for hydroxylation is 1. The van der Waals surface area contributed by atoms with E-state index in [0.29, 0.717) is 0 Å². The first kappa shape index (κ1) is 12.2. The van der Waals surface area contributed by atoms with Crippen LogP contribution in [0, 0.1) is 11.8 Å². The van der Waals surface area contributed by atoms with E-state index in [1.807, 2.05) is 6.33 Å². The molecule has 3 rings (SSSR count). The Balaban J connectivity index is 1.82. The Kier molecular flexibility index (Phi) is 3.69. The van der Waals surface area contributed by atoms with Crippen LogP contribution in [-0.2, 0) is 6.54 Å². The van der Waals surface area contributed by atoms with Crippen molar-refractivity contribution in [1.29, 1.82) is 0 Å². The molecule has 0 spiro atoms. The van der Waals surface area contributed by atoms with Crippen molar-refractivity contribution in [3.8, 4) is 0 Å². The molecule has 3 nitrogen and oxygen atoms in total. The van der Waals surface area contributed by atoms with E-state index in [4.69, 9.17) is 0 Å². The van der Waals surface area contributed by atoms with Gasteiger partial charge in [0, 0.05) is 24.4 Å². The molecule has 1 N–H and O–H groups in total. The van der Waals surface area contributed by atoms with E-state index in [2.05, 4.69) is 28.0 Å². The van der Waals surface area contributed by atoms with Crippen LogP contribution in [0.3, 0.4) is 0 Å². The molecule has 0 radical (unpaired) electrons. The molecule has 2 aliphatic rings. The fraction of sp³-hybridized carbons (Fsp3) is 0.800. The smallest absolute Gasteiger partial charge is 0.0948 e. The molecule has 18 heavy (non-hydrogen) atoms. The Morgan fingerprint density at radius 1 is 1.33 bits per heavy atom. The maximum absolute atomic E-state index is 4.37. The molecule has 0 amide bonds. The van der Waals surface area contributed by atoms with E-state index in [9.17, 15) is 0 Å². The van der Waals surface area contributed by atoms with Gasteiger partial charge in [0.2, 0.25) is 0 Å². The number of nitrogens with one attached hydrogen (secondary N) is 1. The van der Waals surface area contributed by atoms with E-state index in [1.165, 1.54) is 50.9 Å².